The Hall–Kier alpha value is -3.37. The van der Waals surface area contributed by atoms with Crippen molar-refractivity contribution in [3.05, 3.63) is 58.9 Å². The van der Waals surface area contributed by atoms with Crippen molar-refractivity contribution in [2.24, 2.45) is 7.05 Å². The van der Waals surface area contributed by atoms with Crippen molar-refractivity contribution in [1.82, 2.24) is 4.57 Å². The minimum atomic E-state index is -1.04. The van der Waals surface area contributed by atoms with Gasteiger partial charge < -0.3 is 0 Å². The van der Waals surface area contributed by atoms with Crippen LogP contribution in [0.3, 0.4) is 0 Å². The molecule has 0 radical (unpaired) electrons. The molecule has 0 spiro atoms. The van der Waals surface area contributed by atoms with E-state index in [2.05, 4.69) is 0 Å². The van der Waals surface area contributed by atoms with E-state index in [1.165, 1.54) is 0 Å². The van der Waals surface area contributed by atoms with Crippen LogP contribution in [0.5, 0.6) is 0 Å². The lowest BCUT2D eigenvalue weighted by molar-refractivity contribution is -0.393. The number of aromatic nitrogens is 1. The number of rotatable bonds is 3. The summed E-state index contributed by atoms with van der Waals surface area (Å²) in [5.74, 6) is 0. The van der Waals surface area contributed by atoms with Crippen LogP contribution in [0, 0.1) is 30.3 Å². The number of hydrogen-bond donors (Lipinski definition) is 0. The van der Waals surface area contributed by atoms with Crippen molar-refractivity contribution < 1.29 is 14.8 Å². The van der Waals surface area contributed by atoms with E-state index in [4.69, 9.17) is 0 Å². The summed E-state index contributed by atoms with van der Waals surface area (Å²) in [6.07, 6.45) is 0. The van der Waals surface area contributed by atoms with Crippen molar-refractivity contribution in [2.75, 3.05) is 0 Å². The average Bonchev–Trinajstić information content (AvgIpc) is 2.40. The van der Waals surface area contributed by atoms with Crippen LogP contribution in [0.15, 0.2) is 23.0 Å². The molecule has 0 aliphatic carbocycles. The Labute approximate surface area is 114 Å². The van der Waals surface area contributed by atoms with Crippen LogP contribution in [0.1, 0.15) is 0 Å². The van der Waals surface area contributed by atoms with Gasteiger partial charge in [-0.05, 0) is 0 Å². The van der Waals surface area contributed by atoms with E-state index in [1.54, 1.807) is 0 Å². The first kappa shape index (κ1) is 14.0. The van der Waals surface area contributed by atoms with Gasteiger partial charge in [0.2, 0.25) is 0 Å². The molecule has 2 aromatic rings. The number of pyridine rings is 1. The molecule has 0 bridgehead atoms. The van der Waals surface area contributed by atoms with Crippen molar-refractivity contribution in [2.45, 2.75) is 0 Å². The molecule has 0 fully saturated rings. The molecular weight excluding hydrogens is 288 g/mol. The van der Waals surface area contributed by atoms with Gasteiger partial charge in [0.1, 0.15) is 5.52 Å². The van der Waals surface area contributed by atoms with Crippen molar-refractivity contribution in [3.8, 4) is 0 Å². The van der Waals surface area contributed by atoms with Crippen LogP contribution in [0.25, 0.3) is 10.9 Å². The molecule has 0 aliphatic rings. The monoisotopic (exact) mass is 294 g/mol. The van der Waals surface area contributed by atoms with E-state index in [0.29, 0.717) is 6.07 Å². The first-order chi connectivity index (χ1) is 9.73. The van der Waals surface area contributed by atoms with Gasteiger partial charge in [-0.1, -0.05) is 0 Å². The highest BCUT2D eigenvalue weighted by atomic mass is 16.6. The summed E-state index contributed by atoms with van der Waals surface area (Å²) in [4.78, 5) is 41.6. The lowest BCUT2D eigenvalue weighted by atomic mass is 10.1. The highest BCUT2D eigenvalue weighted by Crippen LogP contribution is 2.31. The molecule has 1 heterocycles. The fraction of sp³-hybridized carbons (Fsp3) is 0.100. The molecule has 0 saturated carbocycles. The molecule has 108 valence electrons. The van der Waals surface area contributed by atoms with E-state index >= 15 is 0 Å². The average molecular weight is 294 g/mol. The number of hydrogen-bond acceptors (Lipinski definition) is 7. The van der Waals surface area contributed by atoms with Gasteiger partial charge in [0.05, 0.1) is 20.8 Å². The van der Waals surface area contributed by atoms with Gasteiger partial charge in [0.15, 0.2) is 0 Å². The highest BCUT2D eigenvalue weighted by molar-refractivity contribution is 5.91. The third kappa shape index (κ3) is 2.16. The summed E-state index contributed by atoms with van der Waals surface area (Å²) in [6.45, 7) is 0. The Balaban J connectivity index is 3.05. The van der Waals surface area contributed by atoms with Crippen molar-refractivity contribution in [3.63, 3.8) is 0 Å². The Morgan fingerprint density at radius 1 is 0.905 bits per heavy atom. The standard InChI is InChI=1S/C10H6N4O7/c1-11-9-5(3-8(10(11)15)14(20)21)2-6(12(16)17)4-7(9)13(18)19/h2-4H,1H3. The number of fused-ring (bicyclic) bond motifs is 1. The summed E-state index contributed by atoms with van der Waals surface area (Å²) < 4.78 is 0.731. The molecule has 11 heteroatoms. The van der Waals surface area contributed by atoms with Gasteiger partial charge >= 0.3 is 11.2 Å². The molecule has 0 saturated heterocycles. The van der Waals surface area contributed by atoms with Crippen molar-refractivity contribution >= 4 is 28.0 Å². The molecule has 11 nitrogen and oxygen atoms in total. The summed E-state index contributed by atoms with van der Waals surface area (Å²) in [5.41, 5.74) is -3.35. The summed E-state index contributed by atoms with van der Waals surface area (Å²) >= 11 is 0. The zero-order valence-corrected chi connectivity index (χ0v) is 10.4. The van der Waals surface area contributed by atoms with Crippen molar-refractivity contribution in [1.29, 1.82) is 0 Å². The predicted molar refractivity (Wildman–Crippen MR) is 69.2 cm³/mol. The largest absolute Gasteiger partial charge is 0.334 e. The van der Waals surface area contributed by atoms with E-state index in [0.717, 1.165) is 23.7 Å². The minimum absolute atomic E-state index is 0.135. The normalized spacial score (nSPS) is 10.5. The zero-order valence-electron chi connectivity index (χ0n) is 10.4. The highest BCUT2D eigenvalue weighted by Gasteiger charge is 2.25. The third-order valence-corrected chi connectivity index (χ3v) is 2.86. The summed E-state index contributed by atoms with van der Waals surface area (Å²) in [6, 6.07) is 2.43. The second-order valence-corrected chi connectivity index (χ2v) is 4.07. The van der Waals surface area contributed by atoms with Crippen LogP contribution in [-0.4, -0.2) is 19.3 Å². The van der Waals surface area contributed by atoms with Crippen LogP contribution >= 0.6 is 0 Å². The predicted octanol–water partition coefficient (Wildman–Crippen LogP) is 1.26. The lowest BCUT2D eigenvalue weighted by Crippen LogP contribution is -2.20. The SMILES string of the molecule is Cn1c(=O)c([N+](=O)[O-])cc2cc([N+](=O)[O-])cc([N+](=O)[O-])c21. The molecule has 2 rings (SSSR count). The van der Waals surface area contributed by atoms with E-state index in [9.17, 15) is 35.1 Å². The maximum atomic E-state index is 11.8. The summed E-state index contributed by atoms with van der Waals surface area (Å²) in [7, 11) is 1.12. The number of benzene rings is 1. The third-order valence-electron chi connectivity index (χ3n) is 2.86. The number of nitro benzene ring substituents is 2. The maximum Gasteiger partial charge on any atom is 0.334 e. The van der Waals surface area contributed by atoms with Gasteiger partial charge in [-0.25, -0.2) is 0 Å². The molecule has 1 aromatic heterocycles. The maximum absolute atomic E-state index is 11.8. The minimum Gasteiger partial charge on any atom is -0.300 e. The fourth-order valence-electron chi connectivity index (χ4n) is 1.96. The number of non-ortho nitro benzene ring substituents is 2. The van der Waals surface area contributed by atoms with E-state index in [-0.39, 0.29) is 10.9 Å². The Kier molecular flexibility index (Phi) is 3.10. The van der Waals surface area contributed by atoms with Crippen LogP contribution in [0.4, 0.5) is 17.1 Å². The molecule has 0 amide bonds. The zero-order chi connectivity index (χ0) is 15.9. The second-order valence-electron chi connectivity index (χ2n) is 4.07. The van der Waals surface area contributed by atoms with E-state index in [1.807, 2.05) is 0 Å². The molecule has 21 heavy (non-hydrogen) atoms. The van der Waals surface area contributed by atoms with Gasteiger partial charge in [-0.15, -0.1) is 0 Å². The van der Waals surface area contributed by atoms with Crippen LogP contribution in [0.2, 0.25) is 0 Å². The van der Waals surface area contributed by atoms with Crippen LogP contribution in [-0.2, 0) is 7.05 Å². The second kappa shape index (κ2) is 4.63. The smallest absolute Gasteiger partial charge is 0.300 e. The Bertz CT molecular complexity index is 870. The number of nitrogens with zero attached hydrogens (tertiary/aromatic N) is 4. The number of nitro groups is 3. The summed E-state index contributed by atoms with van der Waals surface area (Å²) in [5, 5.41) is 32.4. The molecule has 0 atom stereocenters. The van der Waals surface area contributed by atoms with Gasteiger partial charge in [-0.3, -0.25) is 39.7 Å². The lowest BCUT2D eigenvalue weighted by Gasteiger charge is -2.05. The van der Waals surface area contributed by atoms with Gasteiger partial charge in [0.25, 0.3) is 11.4 Å². The fourth-order valence-corrected chi connectivity index (χ4v) is 1.96. The molecule has 0 N–H and O–H groups in total. The van der Waals surface area contributed by atoms with Crippen LogP contribution < -0.4 is 5.56 Å². The quantitative estimate of drug-likeness (QED) is 0.610. The Morgan fingerprint density at radius 2 is 1.48 bits per heavy atom. The molecule has 0 aliphatic heterocycles. The van der Waals surface area contributed by atoms with Gasteiger partial charge in [-0.2, -0.15) is 0 Å². The topological polar surface area (TPSA) is 151 Å². The first-order valence-electron chi connectivity index (χ1n) is 5.35. The molecule has 0 unspecified atom stereocenters. The number of aryl methyl sites for hydroxylation is 1. The first-order valence-corrected chi connectivity index (χ1v) is 5.35. The van der Waals surface area contributed by atoms with E-state index < -0.39 is 37.4 Å². The Morgan fingerprint density at radius 3 is 1.95 bits per heavy atom. The molecule has 1 aromatic carbocycles. The molecular formula is C10H6N4O7. The van der Waals surface area contributed by atoms with Gasteiger partial charge in [0, 0.05) is 24.6 Å².